The molecule has 0 spiro atoms. The van der Waals surface area contributed by atoms with Crippen molar-refractivity contribution in [1.82, 2.24) is 9.62 Å². The lowest BCUT2D eigenvalue weighted by molar-refractivity contribution is 0.0778. The Labute approximate surface area is 237 Å². The zero-order valence-electron chi connectivity index (χ0n) is 22.2. The molecule has 10 heteroatoms. The summed E-state index contributed by atoms with van der Waals surface area (Å²) in [5.74, 6) is -0.686. The molecule has 1 heterocycles. The summed E-state index contributed by atoms with van der Waals surface area (Å²) in [4.78, 5) is 14.0. The third-order valence-corrected chi connectivity index (χ3v) is 9.24. The number of sulfonamides is 1. The maximum atomic E-state index is 14.2. The molecule has 1 amide bonds. The number of amides is 1. The minimum absolute atomic E-state index is 0.0228. The second-order valence-corrected chi connectivity index (χ2v) is 12.3. The van der Waals surface area contributed by atoms with Gasteiger partial charge in [-0.25, -0.2) is 12.8 Å². The molecule has 210 valence electrons. The SMILES string of the molecule is COc1cccc(S(=O)(=O)N(Cc2cccs2)CC(O)C(Cc2ccccc2)NC(=O)c2cccc(F)c2C)c1. The van der Waals surface area contributed by atoms with E-state index in [1.165, 1.54) is 60.0 Å². The van der Waals surface area contributed by atoms with Crippen molar-refractivity contribution >= 4 is 27.3 Å². The van der Waals surface area contributed by atoms with E-state index in [4.69, 9.17) is 4.74 Å². The number of aliphatic hydroxyl groups is 1. The second kappa shape index (κ2) is 13.2. The van der Waals surface area contributed by atoms with Gasteiger partial charge in [0.1, 0.15) is 11.6 Å². The quantitative estimate of drug-likeness (QED) is 0.250. The highest BCUT2D eigenvalue weighted by Gasteiger charge is 2.32. The molecule has 7 nitrogen and oxygen atoms in total. The van der Waals surface area contributed by atoms with Crippen LogP contribution in [0.15, 0.2) is 95.2 Å². The summed E-state index contributed by atoms with van der Waals surface area (Å²) >= 11 is 1.40. The van der Waals surface area contributed by atoms with Gasteiger partial charge in [0, 0.05) is 29.6 Å². The summed E-state index contributed by atoms with van der Waals surface area (Å²) in [6.45, 7) is 1.25. The number of hydrogen-bond donors (Lipinski definition) is 2. The average molecular weight is 583 g/mol. The number of benzene rings is 3. The molecule has 0 aliphatic rings. The Kier molecular flexibility index (Phi) is 9.70. The van der Waals surface area contributed by atoms with Crippen molar-refractivity contribution in [2.45, 2.75) is 36.9 Å². The van der Waals surface area contributed by atoms with Crippen molar-refractivity contribution in [3.8, 4) is 5.75 Å². The average Bonchev–Trinajstić information content (AvgIpc) is 3.47. The summed E-state index contributed by atoms with van der Waals surface area (Å²) in [5.41, 5.74) is 1.17. The maximum Gasteiger partial charge on any atom is 0.251 e. The standard InChI is InChI=1S/C30H31FN2O5S2/c1-21-26(14-7-15-27(21)31)30(35)32-28(17-22-9-4-3-5-10-22)29(34)20-33(19-24-12-8-16-39-24)40(36,37)25-13-6-11-23(18-25)38-2/h3-16,18,28-29,34H,17,19-20H2,1-2H3,(H,32,35). The van der Waals surface area contributed by atoms with Crippen LogP contribution in [0, 0.1) is 12.7 Å². The van der Waals surface area contributed by atoms with Gasteiger partial charge >= 0.3 is 0 Å². The van der Waals surface area contributed by atoms with Crippen LogP contribution in [0.4, 0.5) is 4.39 Å². The van der Waals surface area contributed by atoms with Crippen LogP contribution in [0.3, 0.4) is 0 Å². The highest BCUT2D eigenvalue weighted by Crippen LogP contribution is 2.25. The van der Waals surface area contributed by atoms with Crippen molar-refractivity contribution in [3.63, 3.8) is 0 Å². The number of nitrogens with one attached hydrogen (secondary N) is 1. The molecule has 4 rings (SSSR count). The first-order valence-corrected chi connectivity index (χ1v) is 15.0. The normalized spacial score (nSPS) is 13.1. The number of aliphatic hydroxyl groups excluding tert-OH is 1. The molecule has 3 aromatic carbocycles. The Balaban J connectivity index is 1.65. The minimum atomic E-state index is -4.07. The second-order valence-electron chi connectivity index (χ2n) is 9.31. The van der Waals surface area contributed by atoms with E-state index in [2.05, 4.69) is 5.32 Å². The predicted octanol–water partition coefficient (Wildman–Crippen LogP) is 4.80. The number of ether oxygens (including phenoxy) is 1. The van der Waals surface area contributed by atoms with Gasteiger partial charge in [0.05, 0.1) is 24.2 Å². The van der Waals surface area contributed by atoms with Gasteiger partial charge < -0.3 is 15.2 Å². The van der Waals surface area contributed by atoms with E-state index in [1.54, 1.807) is 12.1 Å². The van der Waals surface area contributed by atoms with Crippen LogP contribution < -0.4 is 10.1 Å². The van der Waals surface area contributed by atoms with Crippen LogP contribution in [-0.2, 0) is 23.0 Å². The lowest BCUT2D eigenvalue weighted by Gasteiger charge is -2.30. The summed E-state index contributed by atoms with van der Waals surface area (Å²) in [6, 6.07) is 22.4. The van der Waals surface area contributed by atoms with Crippen molar-refractivity contribution < 1.29 is 27.4 Å². The number of rotatable bonds is 12. The van der Waals surface area contributed by atoms with Gasteiger partial charge in [-0.15, -0.1) is 11.3 Å². The molecule has 40 heavy (non-hydrogen) atoms. The van der Waals surface area contributed by atoms with E-state index < -0.39 is 33.9 Å². The molecule has 1 aromatic heterocycles. The molecule has 2 unspecified atom stereocenters. The fourth-order valence-corrected chi connectivity index (χ4v) is 6.59. The van der Waals surface area contributed by atoms with E-state index in [9.17, 15) is 22.7 Å². The van der Waals surface area contributed by atoms with Gasteiger partial charge in [-0.3, -0.25) is 4.79 Å². The molecular formula is C30H31FN2O5S2. The fourth-order valence-electron chi connectivity index (χ4n) is 4.32. The first kappa shape index (κ1) is 29.4. The third-order valence-electron chi connectivity index (χ3n) is 6.57. The Morgan fingerprint density at radius 2 is 1.80 bits per heavy atom. The maximum absolute atomic E-state index is 14.2. The molecule has 2 atom stereocenters. The largest absolute Gasteiger partial charge is 0.497 e. The van der Waals surface area contributed by atoms with Gasteiger partial charge in [-0.2, -0.15) is 4.31 Å². The Morgan fingerprint density at radius 1 is 1.05 bits per heavy atom. The van der Waals surface area contributed by atoms with E-state index in [0.717, 1.165) is 10.4 Å². The number of methoxy groups -OCH3 is 1. The Hall–Kier alpha value is -3.57. The number of halogens is 1. The van der Waals surface area contributed by atoms with Crippen molar-refractivity contribution in [2.75, 3.05) is 13.7 Å². The zero-order chi connectivity index (χ0) is 28.7. The van der Waals surface area contributed by atoms with Crippen LogP contribution >= 0.6 is 11.3 Å². The molecule has 0 radical (unpaired) electrons. The Morgan fingerprint density at radius 3 is 2.50 bits per heavy atom. The van der Waals surface area contributed by atoms with E-state index >= 15 is 0 Å². The summed E-state index contributed by atoms with van der Waals surface area (Å²) in [6.07, 6.45) is -1.06. The van der Waals surface area contributed by atoms with Crippen molar-refractivity contribution in [1.29, 1.82) is 0 Å². The first-order chi connectivity index (χ1) is 19.2. The Bertz CT molecular complexity index is 1530. The number of carbonyl (C=O) groups is 1. The molecule has 0 aliphatic carbocycles. The lowest BCUT2D eigenvalue weighted by atomic mass is 9.99. The summed E-state index contributed by atoms with van der Waals surface area (Å²) < 4.78 is 48.2. The van der Waals surface area contributed by atoms with Gasteiger partial charge in [0.2, 0.25) is 10.0 Å². The predicted molar refractivity (Wildman–Crippen MR) is 153 cm³/mol. The van der Waals surface area contributed by atoms with Crippen LogP contribution in [0.25, 0.3) is 0 Å². The third kappa shape index (κ3) is 7.14. The monoisotopic (exact) mass is 582 g/mol. The van der Waals surface area contributed by atoms with Gasteiger partial charge in [0.15, 0.2) is 0 Å². The summed E-state index contributed by atoms with van der Waals surface area (Å²) in [5, 5.41) is 16.2. The highest BCUT2D eigenvalue weighted by atomic mass is 32.2. The lowest BCUT2D eigenvalue weighted by Crippen LogP contribution is -2.50. The molecule has 0 aliphatic heterocycles. The van der Waals surface area contributed by atoms with Crippen LogP contribution in [0.2, 0.25) is 0 Å². The molecule has 0 saturated heterocycles. The summed E-state index contributed by atoms with van der Waals surface area (Å²) in [7, 11) is -2.61. The van der Waals surface area contributed by atoms with E-state index in [-0.39, 0.29) is 35.5 Å². The molecular weight excluding hydrogens is 551 g/mol. The fraction of sp³-hybridized carbons (Fsp3) is 0.233. The van der Waals surface area contributed by atoms with E-state index in [0.29, 0.717) is 5.75 Å². The van der Waals surface area contributed by atoms with Crippen LogP contribution in [0.5, 0.6) is 5.75 Å². The molecule has 0 bridgehead atoms. The molecule has 0 saturated carbocycles. The van der Waals surface area contributed by atoms with Crippen molar-refractivity contribution in [2.24, 2.45) is 0 Å². The first-order valence-electron chi connectivity index (χ1n) is 12.6. The number of hydrogen-bond acceptors (Lipinski definition) is 6. The minimum Gasteiger partial charge on any atom is -0.497 e. The van der Waals surface area contributed by atoms with Crippen molar-refractivity contribution in [3.05, 3.63) is 118 Å². The zero-order valence-corrected chi connectivity index (χ0v) is 23.8. The van der Waals surface area contributed by atoms with Gasteiger partial charge in [-0.1, -0.05) is 48.5 Å². The van der Waals surface area contributed by atoms with Gasteiger partial charge in [-0.05, 0) is 60.2 Å². The number of nitrogens with zero attached hydrogens (tertiary/aromatic N) is 1. The van der Waals surface area contributed by atoms with Gasteiger partial charge in [0.25, 0.3) is 5.91 Å². The molecule has 4 aromatic rings. The smallest absolute Gasteiger partial charge is 0.251 e. The molecule has 0 fully saturated rings. The highest BCUT2D eigenvalue weighted by molar-refractivity contribution is 7.89. The number of carbonyl (C=O) groups excluding carboxylic acids is 1. The topological polar surface area (TPSA) is 95.9 Å². The molecule has 2 N–H and O–H groups in total. The van der Waals surface area contributed by atoms with E-state index in [1.807, 2.05) is 47.8 Å². The van der Waals surface area contributed by atoms with Crippen LogP contribution in [0.1, 0.15) is 26.4 Å². The number of thiophene rings is 1. The van der Waals surface area contributed by atoms with Crippen LogP contribution in [-0.4, -0.2) is 49.5 Å².